The maximum absolute atomic E-state index is 6.09. The highest BCUT2D eigenvalue weighted by atomic mass is 35.5. The zero-order valence-electron chi connectivity index (χ0n) is 9.94. The summed E-state index contributed by atoms with van der Waals surface area (Å²) in [6, 6.07) is 3.65. The Morgan fingerprint density at radius 3 is 2.78 bits per heavy atom. The van der Waals surface area contributed by atoms with Gasteiger partial charge in [0.25, 0.3) is 0 Å². The van der Waals surface area contributed by atoms with Crippen LogP contribution in [0.1, 0.15) is 11.5 Å². The van der Waals surface area contributed by atoms with Gasteiger partial charge in [0.2, 0.25) is 0 Å². The Balaban J connectivity index is 2.26. The fourth-order valence-corrected chi connectivity index (χ4v) is 2.20. The summed E-state index contributed by atoms with van der Waals surface area (Å²) in [4.78, 5) is 8.70. The van der Waals surface area contributed by atoms with Crippen LogP contribution in [0.5, 0.6) is 0 Å². The smallest absolute Gasteiger partial charge is 0.143 e. The van der Waals surface area contributed by atoms with Crippen LogP contribution in [0.3, 0.4) is 0 Å². The summed E-state index contributed by atoms with van der Waals surface area (Å²) < 4.78 is 5.15. The Morgan fingerprint density at radius 1 is 1.22 bits per heavy atom. The standard InChI is InChI=1S/C13H10ClN3O/c1-7-13(8(2)18-17-7)12-5-11-9(6-16-12)10(14)3-4-15-11/h3-6H,1-2H3. The van der Waals surface area contributed by atoms with Gasteiger partial charge in [0.15, 0.2) is 0 Å². The van der Waals surface area contributed by atoms with Crippen molar-refractivity contribution < 1.29 is 4.52 Å². The van der Waals surface area contributed by atoms with Gasteiger partial charge in [0, 0.05) is 17.8 Å². The van der Waals surface area contributed by atoms with Crippen LogP contribution in [0.25, 0.3) is 22.2 Å². The van der Waals surface area contributed by atoms with Crippen LogP contribution in [0.4, 0.5) is 0 Å². The van der Waals surface area contributed by atoms with E-state index in [4.69, 9.17) is 16.1 Å². The third kappa shape index (κ3) is 1.66. The first-order valence-electron chi connectivity index (χ1n) is 5.50. The molecule has 3 aromatic heterocycles. The van der Waals surface area contributed by atoms with E-state index in [0.29, 0.717) is 5.02 Å². The van der Waals surface area contributed by atoms with E-state index < -0.39 is 0 Å². The second-order valence-electron chi connectivity index (χ2n) is 4.08. The lowest BCUT2D eigenvalue weighted by Crippen LogP contribution is -1.88. The van der Waals surface area contributed by atoms with Crippen LogP contribution in [0, 0.1) is 13.8 Å². The number of fused-ring (bicyclic) bond motifs is 1. The molecular formula is C13H10ClN3O. The van der Waals surface area contributed by atoms with Crippen LogP contribution < -0.4 is 0 Å². The third-order valence-electron chi connectivity index (χ3n) is 2.86. The van der Waals surface area contributed by atoms with Gasteiger partial charge < -0.3 is 4.52 Å². The van der Waals surface area contributed by atoms with Crippen molar-refractivity contribution in [2.45, 2.75) is 13.8 Å². The minimum atomic E-state index is 0.651. The average molecular weight is 260 g/mol. The summed E-state index contributed by atoms with van der Waals surface area (Å²) in [5, 5.41) is 5.42. The molecule has 90 valence electrons. The number of hydrogen-bond donors (Lipinski definition) is 0. The zero-order chi connectivity index (χ0) is 12.7. The molecule has 3 aromatic rings. The van der Waals surface area contributed by atoms with E-state index in [9.17, 15) is 0 Å². The highest BCUT2D eigenvalue weighted by Gasteiger charge is 2.13. The lowest BCUT2D eigenvalue weighted by atomic mass is 10.1. The molecule has 0 amide bonds. The van der Waals surface area contributed by atoms with Gasteiger partial charge in [0.1, 0.15) is 5.76 Å². The summed E-state index contributed by atoms with van der Waals surface area (Å²) in [7, 11) is 0. The van der Waals surface area contributed by atoms with Crippen molar-refractivity contribution in [2.24, 2.45) is 0 Å². The van der Waals surface area contributed by atoms with Gasteiger partial charge in [0.05, 0.1) is 27.5 Å². The molecule has 3 rings (SSSR count). The number of aromatic nitrogens is 3. The van der Waals surface area contributed by atoms with Crippen molar-refractivity contribution in [2.75, 3.05) is 0 Å². The van der Waals surface area contributed by atoms with E-state index in [-0.39, 0.29) is 0 Å². The second kappa shape index (κ2) is 4.07. The van der Waals surface area contributed by atoms with E-state index in [2.05, 4.69) is 15.1 Å². The van der Waals surface area contributed by atoms with Gasteiger partial charge in [-0.2, -0.15) is 0 Å². The normalized spacial score (nSPS) is 11.1. The number of hydrogen-bond acceptors (Lipinski definition) is 4. The van der Waals surface area contributed by atoms with Crippen molar-refractivity contribution in [3.05, 3.63) is 41.0 Å². The fraction of sp³-hybridized carbons (Fsp3) is 0.154. The van der Waals surface area contributed by atoms with Gasteiger partial charge >= 0.3 is 0 Å². The summed E-state index contributed by atoms with van der Waals surface area (Å²) >= 11 is 6.09. The third-order valence-corrected chi connectivity index (χ3v) is 3.19. The van der Waals surface area contributed by atoms with E-state index >= 15 is 0 Å². The molecule has 0 unspecified atom stereocenters. The first-order valence-corrected chi connectivity index (χ1v) is 5.88. The highest BCUT2D eigenvalue weighted by Crippen LogP contribution is 2.28. The predicted octanol–water partition coefficient (Wildman–Crippen LogP) is 3.56. The number of rotatable bonds is 1. The summed E-state index contributed by atoms with van der Waals surface area (Å²) in [5.41, 5.74) is 3.35. The molecule has 0 spiro atoms. The molecule has 0 aliphatic rings. The second-order valence-corrected chi connectivity index (χ2v) is 4.49. The molecule has 0 fully saturated rings. The summed E-state index contributed by atoms with van der Waals surface area (Å²) in [6.45, 7) is 3.76. The maximum atomic E-state index is 6.09. The Bertz CT molecular complexity index is 717. The summed E-state index contributed by atoms with van der Waals surface area (Å²) in [6.07, 6.45) is 3.41. The molecule has 0 saturated carbocycles. The minimum Gasteiger partial charge on any atom is -0.361 e. The van der Waals surface area contributed by atoms with E-state index in [1.165, 1.54) is 0 Å². The Kier molecular flexibility index (Phi) is 2.52. The van der Waals surface area contributed by atoms with Crippen LogP contribution in [-0.4, -0.2) is 15.1 Å². The van der Waals surface area contributed by atoms with Gasteiger partial charge in [-0.1, -0.05) is 16.8 Å². The number of nitrogens with zero attached hydrogens (tertiary/aromatic N) is 3. The van der Waals surface area contributed by atoms with Crippen molar-refractivity contribution in [3.8, 4) is 11.3 Å². The molecule has 4 nitrogen and oxygen atoms in total. The monoisotopic (exact) mass is 259 g/mol. The van der Waals surface area contributed by atoms with Crippen LogP contribution >= 0.6 is 11.6 Å². The molecule has 0 N–H and O–H groups in total. The molecule has 0 radical (unpaired) electrons. The van der Waals surface area contributed by atoms with E-state index in [1.807, 2.05) is 19.9 Å². The van der Waals surface area contributed by atoms with E-state index in [0.717, 1.165) is 33.6 Å². The average Bonchev–Trinajstić information content (AvgIpc) is 2.69. The molecule has 18 heavy (non-hydrogen) atoms. The van der Waals surface area contributed by atoms with Crippen molar-refractivity contribution >= 4 is 22.5 Å². The van der Waals surface area contributed by atoms with Gasteiger partial charge in [-0.3, -0.25) is 9.97 Å². The number of aryl methyl sites for hydroxylation is 2. The van der Waals surface area contributed by atoms with Crippen molar-refractivity contribution in [3.63, 3.8) is 0 Å². The predicted molar refractivity (Wildman–Crippen MR) is 69.5 cm³/mol. The molecule has 3 heterocycles. The summed E-state index contributed by atoms with van der Waals surface area (Å²) in [5.74, 6) is 0.751. The van der Waals surface area contributed by atoms with Gasteiger partial charge in [-0.15, -0.1) is 0 Å². The molecular weight excluding hydrogens is 250 g/mol. The number of pyridine rings is 2. The molecule has 0 atom stereocenters. The van der Waals surface area contributed by atoms with Gasteiger partial charge in [-0.25, -0.2) is 0 Å². The highest BCUT2D eigenvalue weighted by molar-refractivity contribution is 6.35. The first-order chi connectivity index (χ1) is 8.66. The molecule has 0 saturated heterocycles. The number of halogens is 1. The molecule has 0 bridgehead atoms. The molecule has 0 aliphatic carbocycles. The maximum Gasteiger partial charge on any atom is 0.143 e. The first kappa shape index (κ1) is 11.2. The SMILES string of the molecule is Cc1noc(C)c1-c1cc2nccc(Cl)c2cn1. The van der Waals surface area contributed by atoms with Gasteiger partial charge in [-0.05, 0) is 26.0 Å². The van der Waals surface area contributed by atoms with E-state index in [1.54, 1.807) is 18.5 Å². The molecule has 5 heteroatoms. The minimum absolute atomic E-state index is 0.651. The van der Waals surface area contributed by atoms with Crippen molar-refractivity contribution in [1.29, 1.82) is 0 Å². The topological polar surface area (TPSA) is 51.8 Å². The zero-order valence-corrected chi connectivity index (χ0v) is 10.7. The fourth-order valence-electron chi connectivity index (χ4n) is 1.99. The lowest BCUT2D eigenvalue weighted by Gasteiger charge is -2.03. The quantitative estimate of drug-likeness (QED) is 0.671. The van der Waals surface area contributed by atoms with Crippen molar-refractivity contribution in [1.82, 2.24) is 15.1 Å². The Hall–Kier alpha value is -1.94. The Labute approximate surface area is 109 Å². The molecule has 0 aromatic carbocycles. The largest absolute Gasteiger partial charge is 0.361 e. The van der Waals surface area contributed by atoms with Crippen LogP contribution in [-0.2, 0) is 0 Å². The lowest BCUT2D eigenvalue weighted by molar-refractivity contribution is 0.393. The molecule has 0 aliphatic heterocycles. The Morgan fingerprint density at radius 2 is 2.06 bits per heavy atom. The van der Waals surface area contributed by atoms with Crippen LogP contribution in [0.15, 0.2) is 29.0 Å². The van der Waals surface area contributed by atoms with Crippen LogP contribution in [0.2, 0.25) is 5.02 Å².